The van der Waals surface area contributed by atoms with E-state index in [1.807, 2.05) is 12.1 Å². The highest BCUT2D eigenvalue weighted by molar-refractivity contribution is 5.99. The summed E-state index contributed by atoms with van der Waals surface area (Å²) >= 11 is 0. The maximum absolute atomic E-state index is 14.7. The van der Waals surface area contributed by atoms with Gasteiger partial charge in [-0.1, -0.05) is 19.9 Å². The summed E-state index contributed by atoms with van der Waals surface area (Å²) in [5, 5.41) is 12.2. The highest BCUT2D eigenvalue weighted by Crippen LogP contribution is 2.48. The Hall–Kier alpha value is -3.66. The van der Waals surface area contributed by atoms with Crippen molar-refractivity contribution in [2.45, 2.75) is 51.0 Å². The molecule has 1 fully saturated rings. The molecule has 1 aliphatic carbocycles. The summed E-state index contributed by atoms with van der Waals surface area (Å²) in [4.78, 5) is 25.8. The summed E-state index contributed by atoms with van der Waals surface area (Å²) in [6.45, 7) is 7.72. The van der Waals surface area contributed by atoms with Gasteiger partial charge in [-0.3, -0.25) is 9.18 Å². The molecular weight excluding hydrogens is 476 g/mol. The molecule has 0 saturated heterocycles. The van der Waals surface area contributed by atoms with Crippen LogP contribution in [0.5, 0.6) is 0 Å². The van der Waals surface area contributed by atoms with E-state index in [0.717, 1.165) is 18.8 Å². The Bertz CT molecular complexity index is 1340. The average Bonchev–Trinajstić information content (AvgIpc) is 3.67. The first-order valence-corrected chi connectivity index (χ1v) is 12.5. The van der Waals surface area contributed by atoms with Gasteiger partial charge in [0.25, 0.3) is 5.91 Å². The molecule has 2 aromatic heterocycles. The second-order valence-electron chi connectivity index (χ2n) is 10.4. The van der Waals surface area contributed by atoms with Gasteiger partial charge in [-0.15, -0.1) is 0 Å². The predicted octanol–water partition coefficient (Wildman–Crippen LogP) is 4.63. The van der Waals surface area contributed by atoms with Crippen molar-refractivity contribution in [1.82, 2.24) is 25.6 Å². The zero-order valence-electron chi connectivity index (χ0n) is 21.2. The fourth-order valence-corrected chi connectivity index (χ4v) is 4.72. The lowest BCUT2D eigenvalue weighted by atomic mass is 9.79. The predicted molar refractivity (Wildman–Crippen MR) is 139 cm³/mol. The maximum Gasteiger partial charge on any atom is 0.256 e. The van der Waals surface area contributed by atoms with Gasteiger partial charge >= 0.3 is 0 Å². The van der Waals surface area contributed by atoms with E-state index >= 15 is 0 Å². The highest BCUT2D eigenvalue weighted by atomic mass is 19.1. The third kappa shape index (κ3) is 4.98. The Morgan fingerprint density at radius 3 is 2.65 bits per heavy atom. The first kappa shape index (κ1) is 25.0. The Labute approximate surface area is 214 Å². The van der Waals surface area contributed by atoms with E-state index in [2.05, 4.69) is 56.1 Å². The van der Waals surface area contributed by atoms with Crippen LogP contribution in [0.1, 0.15) is 60.8 Å². The number of pyridine rings is 1. The first-order chi connectivity index (χ1) is 17.7. The molecule has 1 aliphatic heterocycles. The van der Waals surface area contributed by atoms with Crippen LogP contribution >= 0.6 is 0 Å². The second-order valence-corrected chi connectivity index (χ2v) is 10.4. The van der Waals surface area contributed by atoms with Gasteiger partial charge in [-0.2, -0.15) is 4.98 Å². The van der Waals surface area contributed by atoms with Crippen LogP contribution in [-0.4, -0.2) is 40.6 Å². The normalized spacial score (nSPS) is 17.0. The number of hydrogen-bond donors (Lipinski definition) is 4. The third-order valence-electron chi connectivity index (χ3n) is 7.08. The Kier molecular flexibility index (Phi) is 6.53. The molecule has 0 bridgehead atoms. The highest BCUT2D eigenvalue weighted by Gasteiger charge is 2.46. The smallest absolute Gasteiger partial charge is 0.256 e. The molecule has 2 aliphatic rings. The van der Waals surface area contributed by atoms with Gasteiger partial charge in [0, 0.05) is 42.3 Å². The van der Waals surface area contributed by atoms with Crippen LogP contribution in [0.15, 0.2) is 36.5 Å². The number of amides is 1. The molecule has 37 heavy (non-hydrogen) atoms. The van der Waals surface area contributed by atoms with Gasteiger partial charge in [0.1, 0.15) is 18.1 Å². The SMILES string of the molecule is CCNC(=O)c1cnc(Nc2ccc3c(c2)CNCC3(C)C)nc1Nc1nc(C2(CF)CC2)ccc1F. The maximum atomic E-state index is 14.7. The number of aromatic nitrogens is 3. The van der Waals surface area contributed by atoms with E-state index in [-0.39, 0.29) is 28.6 Å². The van der Waals surface area contributed by atoms with Gasteiger partial charge in [-0.25, -0.2) is 14.4 Å². The lowest BCUT2D eigenvalue weighted by molar-refractivity contribution is 0.0956. The minimum Gasteiger partial charge on any atom is -0.352 e. The Morgan fingerprint density at radius 1 is 1.11 bits per heavy atom. The minimum atomic E-state index is -0.652. The summed E-state index contributed by atoms with van der Waals surface area (Å²) in [5.74, 6) is -0.819. The third-order valence-corrected chi connectivity index (χ3v) is 7.08. The van der Waals surface area contributed by atoms with Crippen LogP contribution in [0.3, 0.4) is 0 Å². The van der Waals surface area contributed by atoms with E-state index < -0.39 is 23.8 Å². The van der Waals surface area contributed by atoms with Crippen molar-refractivity contribution in [3.05, 3.63) is 64.7 Å². The van der Waals surface area contributed by atoms with E-state index in [1.54, 1.807) is 6.92 Å². The van der Waals surface area contributed by atoms with Crippen molar-refractivity contribution >= 4 is 29.2 Å². The number of nitrogens with one attached hydrogen (secondary N) is 4. The van der Waals surface area contributed by atoms with E-state index in [0.29, 0.717) is 25.1 Å². The van der Waals surface area contributed by atoms with Crippen molar-refractivity contribution in [2.75, 3.05) is 30.4 Å². The van der Waals surface area contributed by atoms with Crippen LogP contribution in [-0.2, 0) is 17.4 Å². The van der Waals surface area contributed by atoms with E-state index in [4.69, 9.17) is 0 Å². The molecule has 0 radical (unpaired) electrons. The molecule has 5 rings (SSSR count). The van der Waals surface area contributed by atoms with Crippen LogP contribution in [0.2, 0.25) is 0 Å². The quantitative estimate of drug-likeness (QED) is 0.352. The summed E-state index contributed by atoms with van der Waals surface area (Å²) in [7, 11) is 0. The number of carbonyl (C=O) groups is 1. The monoisotopic (exact) mass is 507 g/mol. The van der Waals surface area contributed by atoms with Crippen molar-refractivity contribution in [2.24, 2.45) is 0 Å². The van der Waals surface area contributed by atoms with Crippen LogP contribution in [0.25, 0.3) is 0 Å². The number of nitrogens with zero attached hydrogens (tertiary/aromatic N) is 3. The molecule has 3 aromatic rings. The molecule has 4 N–H and O–H groups in total. The molecule has 3 heterocycles. The molecule has 0 spiro atoms. The molecule has 1 amide bonds. The number of benzene rings is 1. The molecule has 1 saturated carbocycles. The fourth-order valence-electron chi connectivity index (χ4n) is 4.72. The largest absolute Gasteiger partial charge is 0.352 e. The number of anilines is 4. The van der Waals surface area contributed by atoms with Gasteiger partial charge < -0.3 is 21.3 Å². The average molecular weight is 508 g/mol. The molecule has 0 unspecified atom stereocenters. The molecule has 8 nitrogen and oxygen atoms in total. The molecule has 1 aromatic carbocycles. The van der Waals surface area contributed by atoms with E-state index in [1.165, 1.54) is 29.5 Å². The van der Waals surface area contributed by atoms with Crippen molar-refractivity contribution in [1.29, 1.82) is 0 Å². The summed E-state index contributed by atoms with van der Waals surface area (Å²) in [5.41, 5.74) is 3.26. The van der Waals surface area contributed by atoms with Gasteiger partial charge in [0.2, 0.25) is 5.95 Å². The Balaban J connectivity index is 1.46. The van der Waals surface area contributed by atoms with E-state index in [9.17, 15) is 13.6 Å². The standard InChI is InChI=1S/C27H31F2N7O/c1-4-31-24(37)18-13-32-25(33-17-5-6-19-16(11-17)12-30-15-26(19,2)3)36-22(18)35-23-20(29)7-8-21(34-23)27(14-28)9-10-27/h5-8,11,13,30H,4,9-10,12,14-15H2,1-3H3,(H,31,37)(H2,32,33,34,35,36). The summed E-state index contributed by atoms with van der Waals surface area (Å²) in [6.07, 6.45) is 2.72. The number of carbonyl (C=O) groups excluding carboxylic acids is 1. The van der Waals surface area contributed by atoms with Crippen molar-refractivity contribution in [3.8, 4) is 0 Å². The zero-order chi connectivity index (χ0) is 26.2. The zero-order valence-corrected chi connectivity index (χ0v) is 21.2. The van der Waals surface area contributed by atoms with Crippen LogP contribution in [0, 0.1) is 5.82 Å². The molecule has 0 atom stereocenters. The number of fused-ring (bicyclic) bond motifs is 1. The minimum absolute atomic E-state index is 0.0286. The van der Waals surface area contributed by atoms with Gasteiger partial charge in [-0.05, 0) is 55.2 Å². The lowest BCUT2D eigenvalue weighted by Crippen LogP contribution is -2.38. The lowest BCUT2D eigenvalue weighted by Gasteiger charge is -2.33. The van der Waals surface area contributed by atoms with Gasteiger partial charge in [0.05, 0.1) is 5.69 Å². The molecule has 194 valence electrons. The molecular formula is C27H31F2N7O. The molecule has 10 heteroatoms. The second kappa shape index (κ2) is 9.66. The number of hydrogen-bond acceptors (Lipinski definition) is 7. The number of alkyl halides is 1. The fraction of sp³-hybridized carbons (Fsp3) is 0.407. The summed E-state index contributed by atoms with van der Waals surface area (Å²) < 4.78 is 28.3. The Morgan fingerprint density at radius 2 is 1.92 bits per heavy atom. The number of halogens is 2. The van der Waals surface area contributed by atoms with Crippen molar-refractivity contribution in [3.63, 3.8) is 0 Å². The van der Waals surface area contributed by atoms with Crippen LogP contribution in [0.4, 0.5) is 32.1 Å². The summed E-state index contributed by atoms with van der Waals surface area (Å²) in [6, 6.07) is 8.89. The topological polar surface area (TPSA) is 104 Å². The van der Waals surface area contributed by atoms with Crippen molar-refractivity contribution < 1.29 is 13.6 Å². The van der Waals surface area contributed by atoms with Gasteiger partial charge in [0.15, 0.2) is 11.6 Å². The first-order valence-electron chi connectivity index (χ1n) is 12.5. The number of rotatable bonds is 8. The van der Waals surface area contributed by atoms with Crippen LogP contribution < -0.4 is 21.3 Å².